The molecular weight excluding hydrogens is 178 g/mol. The zero-order valence-corrected chi connectivity index (χ0v) is 7.84. The maximum absolute atomic E-state index is 9.87. The first-order valence-corrected chi connectivity index (χ1v) is 4.41. The molecule has 0 aliphatic carbocycles. The van der Waals surface area contributed by atoms with E-state index in [4.69, 9.17) is 4.42 Å². The summed E-state index contributed by atoms with van der Waals surface area (Å²) in [6.45, 7) is 1.85. The number of aliphatic hydroxyl groups excluding tert-OH is 1. The van der Waals surface area contributed by atoms with Crippen LogP contribution in [0.2, 0.25) is 0 Å². The number of hydrogen-bond donors (Lipinski definition) is 1. The summed E-state index contributed by atoms with van der Waals surface area (Å²) < 4.78 is 5.32. The van der Waals surface area contributed by atoms with Crippen molar-refractivity contribution in [3.05, 3.63) is 53.7 Å². The molecule has 0 aliphatic heterocycles. The molecule has 0 spiro atoms. The van der Waals surface area contributed by atoms with Crippen LogP contribution in [0.25, 0.3) is 0 Å². The predicted octanol–water partition coefficient (Wildman–Crippen LogP) is 2.06. The van der Waals surface area contributed by atoms with Gasteiger partial charge in [-0.1, -0.05) is 6.07 Å². The number of aromatic nitrogens is 1. The fourth-order valence-electron chi connectivity index (χ4n) is 1.30. The number of aliphatic hydroxyl groups is 1. The highest BCUT2D eigenvalue weighted by Gasteiger charge is 2.13. The van der Waals surface area contributed by atoms with Crippen LogP contribution in [0.3, 0.4) is 0 Å². The molecule has 0 aromatic carbocycles. The first-order chi connectivity index (χ1) is 6.77. The Hall–Kier alpha value is -1.61. The lowest BCUT2D eigenvalue weighted by Crippen LogP contribution is -1.97. The van der Waals surface area contributed by atoms with Crippen LogP contribution in [0.5, 0.6) is 0 Å². The lowest BCUT2D eigenvalue weighted by molar-refractivity contribution is 0.187. The van der Waals surface area contributed by atoms with Crippen LogP contribution in [-0.2, 0) is 0 Å². The highest BCUT2D eigenvalue weighted by Crippen LogP contribution is 2.22. The van der Waals surface area contributed by atoms with Crippen molar-refractivity contribution in [3.63, 3.8) is 0 Å². The summed E-state index contributed by atoms with van der Waals surface area (Å²) in [6.07, 6.45) is 2.57. The molecule has 3 heteroatoms. The van der Waals surface area contributed by atoms with Gasteiger partial charge in [0.15, 0.2) is 0 Å². The molecule has 0 saturated carbocycles. The van der Waals surface area contributed by atoms with Crippen LogP contribution in [0.1, 0.15) is 23.2 Å². The largest absolute Gasteiger partial charge is 0.463 e. The highest BCUT2D eigenvalue weighted by molar-refractivity contribution is 5.22. The SMILES string of the molecule is Cc1ccc([C@H](O)c2cccnc2)o1. The van der Waals surface area contributed by atoms with Crippen molar-refractivity contribution in [3.8, 4) is 0 Å². The molecule has 0 saturated heterocycles. The Balaban J connectivity index is 2.29. The molecule has 0 unspecified atom stereocenters. The number of furan rings is 1. The summed E-state index contributed by atoms with van der Waals surface area (Å²) in [4.78, 5) is 3.94. The Labute approximate surface area is 82.0 Å². The lowest BCUT2D eigenvalue weighted by atomic mass is 10.1. The summed E-state index contributed by atoms with van der Waals surface area (Å²) >= 11 is 0. The minimum atomic E-state index is -0.725. The summed E-state index contributed by atoms with van der Waals surface area (Å²) in [7, 11) is 0. The van der Waals surface area contributed by atoms with Crippen LogP contribution >= 0.6 is 0 Å². The van der Waals surface area contributed by atoms with Gasteiger partial charge in [-0.15, -0.1) is 0 Å². The van der Waals surface area contributed by atoms with E-state index in [0.29, 0.717) is 5.76 Å². The Kier molecular flexibility index (Phi) is 2.33. The van der Waals surface area contributed by atoms with E-state index in [1.807, 2.05) is 19.1 Å². The zero-order valence-electron chi connectivity index (χ0n) is 7.84. The summed E-state index contributed by atoms with van der Waals surface area (Å²) in [5, 5.41) is 9.87. The van der Waals surface area contributed by atoms with Crippen LogP contribution < -0.4 is 0 Å². The molecule has 2 heterocycles. The molecule has 0 radical (unpaired) electrons. The van der Waals surface area contributed by atoms with Gasteiger partial charge in [0.05, 0.1) is 0 Å². The van der Waals surface area contributed by atoms with Crippen molar-refractivity contribution in [2.45, 2.75) is 13.0 Å². The van der Waals surface area contributed by atoms with E-state index in [1.54, 1.807) is 24.5 Å². The molecule has 2 rings (SSSR count). The molecule has 72 valence electrons. The van der Waals surface area contributed by atoms with Crippen LogP contribution in [0.4, 0.5) is 0 Å². The molecular formula is C11H11NO2. The van der Waals surface area contributed by atoms with Gasteiger partial charge in [-0.3, -0.25) is 4.98 Å². The minimum Gasteiger partial charge on any atom is -0.463 e. The van der Waals surface area contributed by atoms with E-state index in [1.165, 1.54) is 0 Å². The minimum absolute atomic E-state index is 0.551. The Morgan fingerprint density at radius 3 is 2.79 bits per heavy atom. The molecule has 2 aromatic rings. The van der Waals surface area contributed by atoms with Gasteiger partial charge < -0.3 is 9.52 Å². The molecule has 0 amide bonds. The van der Waals surface area contributed by atoms with Crippen molar-refractivity contribution in [1.29, 1.82) is 0 Å². The number of aryl methyl sites for hydroxylation is 1. The smallest absolute Gasteiger partial charge is 0.138 e. The molecule has 1 N–H and O–H groups in total. The van der Waals surface area contributed by atoms with Gasteiger partial charge in [-0.2, -0.15) is 0 Å². The van der Waals surface area contributed by atoms with E-state index < -0.39 is 6.10 Å². The number of pyridine rings is 1. The number of hydrogen-bond acceptors (Lipinski definition) is 3. The number of nitrogens with zero attached hydrogens (tertiary/aromatic N) is 1. The average Bonchev–Trinajstić information content (AvgIpc) is 2.65. The van der Waals surface area contributed by atoms with Gasteiger partial charge >= 0.3 is 0 Å². The van der Waals surface area contributed by atoms with Gasteiger partial charge in [-0.05, 0) is 25.1 Å². The second-order valence-corrected chi connectivity index (χ2v) is 3.14. The van der Waals surface area contributed by atoms with Crippen molar-refractivity contribution >= 4 is 0 Å². The highest BCUT2D eigenvalue weighted by atomic mass is 16.4. The quantitative estimate of drug-likeness (QED) is 0.786. The van der Waals surface area contributed by atoms with Gasteiger partial charge in [-0.25, -0.2) is 0 Å². The lowest BCUT2D eigenvalue weighted by Gasteiger charge is -2.06. The van der Waals surface area contributed by atoms with Crippen molar-refractivity contribution in [1.82, 2.24) is 4.98 Å². The van der Waals surface area contributed by atoms with Gasteiger partial charge in [0.1, 0.15) is 17.6 Å². The van der Waals surface area contributed by atoms with E-state index in [-0.39, 0.29) is 0 Å². The molecule has 14 heavy (non-hydrogen) atoms. The van der Waals surface area contributed by atoms with E-state index >= 15 is 0 Å². The normalized spacial score (nSPS) is 12.7. The molecule has 1 atom stereocenters. The molecule has 0 bridgehead atoms. The first-order valence-electron chi connectivity index (χ1n) is 4.41. The molecule has 0 aliphatic rings. The van der Waals surface area contributed by atoms with E-state index in [9.17, 15) is 5.11 Å². The summed E-state index contributed by atoms with van der Waals surface area (Å²) in [5.41, 5.74) is 0.738. The maximum Gasteiger partial charge on any atom is 0.138 e. The van der Waals surface area contributed by atoms with Crippen LogP contribution in [0.15, 0.2) is 41.1 Å². The topological polar surface area (TPSA) is 46.3 Å². The monoisotopic (exact) mass is 189 g/mol. The van der Waals surface area contributed by atoms with Crippen molar-refractivity contribution in [2.24, 2.45) is 0 Å². The van der Waals surface area contributed by atoms with Crippen molar-refractivity contribution in [2.75, 3.05) is 0 Å². The van der Waals surface area contributed by atoms with E-state index in [2.05, 4.69) is 4.98 Å². The third kappa shape index (κ3) is 1.67. The van der Waals surface area contributed by atoms with Crippen molar-refractivity contribution < 1.29 is 9.52 Å². The van der Waals surface area contributed by atoms with Gasteiger partial charge in [0.25, 0.3) is 0 Å². The molecule has 2 aromatic heterocycles. The second-order valence-electron chi connectivity index (χ2n) is 3.14. The Morgan fingerprint density at radius 1 is 1.36 bits per heavy atom. The molecule has 3 nitrogen and oxygen atoms in total. The Morgan fingerprint density at radius 2 is 2.21 bits per heavy atom. The fourth-order valence-corrected chi connectivity index (χ4v) is 1.30. The fraction of sp³-hybridized carbons (Fsp3) is 0.182. The van der Waals surface area contributed by atoms with Crippen LogP contribution in [-0.4, -0.2) is 10.1 Å². The van der Waals surface area contributed by atoms with Gasteiger partial charge in [0.2, 0.25) is 0 Å². The first kappa shape index (κ1) is 8.97. The third-order valence-electron chi connectivity index (χ3n) is 2.03. The van der Waals surface area contributed by atoms with Gasteiger partial charge in [0, 0.05) is 18.0 Å². The second kappa shape index (κ2) is 3.64. The maximum atomic E-state index is 9.87. The molecule has 0 fully saturated rings. The zero-order chi connectivity index (χ0) is 9.97. The summed E-state index contributed by atoms with van der Waals surface area (Å²) in [5.74, 6) is 1.35. The average molecular weight is 189 g/mol. The third-order valence-corrected chi connectivity index (χ3v) is 2.03. The van der Waals surface area contributed by atoms with Crippen LogP contribution in [0, 0.1) is 6.92 Å². The summed E-state index contributed by atoms with van der Waals surface area (Å²) in [6, 6.07) is 7.20. The standard InChI is InChI=1S/C11H11NO2/c1-8-4-5-10(14-8)11(13)9-3-2-6-12-7-9/h2-7,11,13H,1H3/t11-/m1/s1. The van der Waals surface area contributed by atoms with E-state index in [0.717, 1.165) is 11.3 Å². The Bertz CT molecular complexity index is 408. The number of rotatable bonds is 2. The predicted molar refractivity (Wildman–Crippen MR) is 51.7 cm³/mol.